The third kappa shape index (κ3) is 1.40. The van der Waals surface area contributed by atoms with Crippen LogP contribution < -0.4 is 4.90 Å². The van der Waals surface area contributed by atoms with Crippen molar-refractivity contribution in [1.82, 2.24) is 0 Å². The number of rotatable bonds is 1. The summed E-state index contributed by atoms with van der Waals surface area (Å²) in [5.74, 6) is -0.594. The number of benzene rings is 1. The van der Waals surface area contributed by atoms with E-state index in [0.29, 0.717) is 5.69 Å². The fourth-order valence-corrected chi connectivity index (χ4v) is 8.09. The van der Waals surface area contributed by atoms with Gasteiger partial charge in [-0.15, -0.1) is 11.8 Å². The molecule has 4 unspecified atom stereocenters. The average Bonchev–Trinajstić information content (AvgIpc) is 3.21. The summed E-state index contributed by atoms with van der Waals surface area (Å²) in [4.78, 5) is 27.7. The maximum absolute atomic E-state index is 13.2. The first-order valence-corrected chi connectivity index (χ1v) is 9.44. The van der Waals surface area contributed by atoms with Crippen LogP contribution in [-0.4, -0.2) is 11.8 Å². The van der Waals surface area contributed by atoms with E-state index < -0.39 is 0 Å². The maximum atomic E-state index is 13.2. The molecule has 2 fully saturated rings. The molecule has 5 rings (SSSR count). The van der Waals surface area contributed by atoms with E-state index in [4.69, 9.17) is 0 Å². The molecule has 2 aromatic rings. The second-order valence-corrected chi connectivity index (χ2v) is 9.46. The molecule has 5 heteroatoms. The lowest BCUT2D eigenvalue weighted by molar-refractivity contribution is -0.122. The van der Waals surface area contributed by atoms with Crippen LogP contribution in [0.4, 0.5) is 5.69 Å². The zero-order valence-electron chi connectivity index (χ0n) is 12.8. The predicted molar refractivity (Wildman–Crippen MR) is 92.5 cm³/mol. The van der Waals surface area contributed by atoms with Gasteiger partial charge in [0, 0.05) is 0 Å². The largest absolute Gasteiger partial charge is 0.274 e. The summed E-state index contributed by atoms with van der Waals surface area (Å²) in [7, 11) is 0. The Morgan fingerprint density at radius 3 is 1.96 bits per heavy atom. The molecule has 1 aromatic carbocycles. The van der Waals surface area contributed by atoms with Gasteiger partial charge in [-0.05, 0) is 47.9 Å². The number of carbonyl (C=O) groups is 2. The van der Waals surface area contributed by atoms with Gasteiger partial charge in [-0.1, -0.05) is 18.2 Å². The van der Waals surface area contributed by atoms with Crippen molar-refractivity contribution in [2.75, 3.05) is 4.90 Å². The summed E-state index contributed by atoms with van der Waals surface area (Å²) in [6, 6.07) is 9.31. The summed E-state index contributed by atoms with van der Waals surface area (Å²) >= 11 is 3.48. The summed E-state index contributed by atoms with van der Waals surface area (Å²) in [6.07, 6.45) is 0. The second-order valence-electron chi connectivity index (χ2n) is 6.82. The van der Waals surface area contributed by atoms with Gasteiger partial charge >= 0.3 is 0 Å². The Kier molecular flexibility index (Phi) is 2.45. The van der Waals surface area contributed by atoms with E-state index in [1.165, 1.54) is 16.0 Å². The van der Waals surface area contributed by atoms with E-state index in [1.807, 2.05) is 30.3 Å². The first-order chi connectivity index (χ1) is 11.0. The Morgan fingerprint density at radius 2 is 1.43 bits per heavy atom. The predicted octanol–water partition coefficient (Wildman–Crippen LogP) is 3.74. The van der Waals surface area contributed by atoms with Crippen molar-refractivity contribution in [2.24, 2.45) is 11.8 Å². The van der Waals surface area contributed by atoms with Crippen molar-refractivity contribution in [1.29, 1.82) is 0 Å². The average molecular weight is 341 g/mol. The molecule has 0 spiro atoms. The molecule has 3 nitrogen and oxygen atoms in total. The normalized spacial score (nSPS) is 37.4. The van der Waals surface area contributed by atoms with E-state index in [-0.39, 0.29) is 33.1 Å². The molecular weight excluding hydrogens is 326 g/mol. The van der Waals surface area contributed by atoms with Gasteiger partial charge in [-0.2, -0.15) is 11.3 Å². The molecule has 4 heterocycles. The minimum atomic E-state index is -0.287. The molecule has 0 saturated carbocycles. The fraction of sp³-hybridized carbons (Fsp3) is 0.333. The third-order valence-corrected chi connectivity index (χ3v) is 8.20. The zero-order chi connectivity index (χ0) is 16.0. The highest BCUT2D eigenvalue weighted by atomic mass is 32.2. The highest BCUT2D eigenvalue weighted by Crippen LogP contribution is 2.75. The van der Waals surface area contributed by atoms with Crippen molar-refractivity contribution in [3.8, 4) is 0 Å². The van der Waals surface area contributed by atoms with Crippen LogP contribution in [0.2, 0.25) is 0 Å². The number of anilines is 1. The number of carbonyl (C=O) groups excluding carboxylic acids is 2. The standard InChI is InChI=1S/C18H15NO2S2/c1-17-11-8-22-9-12(11)18(2,23-17)14-13(17)15(20)19(16(14)21)10-6-4-3-5-7-10/h3-9,13-14H,1-2H3. The van der Waals surface area contributed by atoms with Crippen LogP contribution in [0.1, 0.15) is 25.0 Å². The molecule has 3 aliphatic heterocycles. The molecule has 1 aromatic heterocycles. The van der Waals surface area contributed by atoms with E-state index in [0.717, 1.165) is 0 Å². The number of hydrogen-bond donors (Lipinski definition) is 0. The number of para-hydroxylation sites is 1. The van der Waals surface area contributed by atoms with Gasteiger partial charge in [0.05, 0.1) is 27.0 Å². The molecule has 0 N–H and O–H groups in total. The molecule has 3 aliphatic rings. The lowest BCUT2D eigenvalue weighted by atomic mass is 9.67. The smallest absolute Gasteiger partial charge is 0.239 e. The van der Waals surface area contributed by atoms with E-state index in [1.54, 1.807) is 23.1 Å². The van der Waals surface area contributed by atoms with Gasteiger partial charge in [-0.3, -0.25) is 9.59 Å². The second kappa shape index (κ2) is 4.08. The first kappa shape index (κ1) is 13.8. The van der Waals surface area contributed by atoms with Crippen molar-refractivity contribution < 1.29 is 9.59 Å². The van der Waals surface area contributed by atoms with E-state index >= 15 is 0 Å². The first-order valence-electron chi connectivity index (χ1n) is 7.68. The molecule has 2 bridgehead atoms. The fourth-order valence-electron chi connectivity index (χ4n) is 4.69. The molecule has 0 aliphatic carbocycles. The van der Waals surface area contributed by atoms with Crippen LogP contribution in [0.3, 0.4) is 0 Å². The van der Waals surface area contributed by atoms with Crippen LogP contribution in [0.5, 0.6) is 0 Å². The minimum absolute atomic E-state index is 0.0400. The molecule has 0 radical (unpaired) electrons. The number of amides is 2. The Labute approximate surface area is 142 Å². The van der Waals surface area contributed by atoms with Crippen LogP contribution in [-0.2, 0) is 19.1 Å². The molecule has 2 amide bonds. The van der Waals surface area contributed by atoms with Gasteiger partial charge in [0.15, 0.2) is 0 Å². The van der Waals surface area contributed by atoms with Gasteiger partial charge in [0.1, 0.15) is 0 Å². The zero-order valence-corrected chi connectivity index (χ0v) is 14.4. The Bertz CT molecular complexity index is 812. The summed E-state index contributed by atoms with van der Waals surface area (Å²) in [6.45, 7) is 4.28. The van der Waals surface area contributed by atoms with Crippen LogP contribution in [0.15, 0.2) is 41.1 Å². The number of hydrogen-bond acceptors (Lipinski definition) is 4. The molecule has 116 valence electrons. The summed E-state index contributed by atoms with van der Waals surface area (Å²) in [5, 5.41) is 4.32. The lowest BCUT2D eigenvalue weighted by Gasteiger charge is -2.30. The SMILES string of the molecule is CC12SC(C)(c3cscc31)C1C(=O)N(c3ccccc3)C(=O)C12. The minimum Gasteiger partial charge on any atom is -0.274 e. The number of thiophene rings is 1. The topological polar surface area (TPSA) is 37.4 Å². The van der Waals surface area contributed by atoms with Crippen molar-refractivity contribution >= 4 is 40.6 Å². The lowest BCUT2D eigenvalue weighted by Crippen LogP contribution is -2.38. The molecule has 4 atom stereocenters. The van der Waals surface area contributed by atoms with Crippen molar-refractivity contribution in [3.63, 3.8) is 0 Å². The number of fused-ring (bicyclic) bond motifs is 8. The van der Waals surface area contributed by atoms with Crippen LogP contribution in [0.25, 0.3) is 0 Å². The quantitative estimate of drug-likeness (QED) is 0.742. The van der Waals surface area contributed by atoms with Crippen molar-refractivity contribution in [3.05, 3.63) is 52.2 Å². The Hall–Kier alpha value is -1.59. The molecule has 2 saturated heterocycles. The van der Waals surface area contributed by atoms with E-state index in [2.05, 4.69) is 24.6 Å². The van der Waals surface area contributed by atoms with Crippen LogP contribution >= 0.6 is 23.1 Å². The number of thioether (sulfide) groups is 1. The maximum Gasteiger partial charge on any atom is 0.239 e. The van der Waals surface area contributed by atoms with Gasteiger partial charge in [0.2, 0.25) is 11.8 Å². The highest BCUT2D eigenvalue weighted by molar-refractivity contribution is 8.01. The van der Waals surface area contributed by atoms with Gasteiger partial charge < -0.3 is 0 Å². The monoisotopic (exact) mass is 341 g/mol. The molecular formula is C18H15NO2S2. The van der Waals surface area contributed by atoms with Crippen molar-refractivity contribution in [2.45, 2.75) is 23.3 Å². The number of imide groups is 1. The third-order valence-electron chi connectivity index (χ3n) is 5.66. The highest BCUT2D eigenvalue weighted by Gasteiger charge is 2.74. The van der Waals surface area contributed by atoms with Gasteiger partial charge in [0.25, 0.3) is 0 Å². The summed E-state index contributed by atoms with van der Waals surface area (Å²) < 4.78 is -0.573. The van der Waals surface area contributed by atoms with Gasteiger partial charge in [-0.25, -0.2) is 4.90 Å². The van der Waals surface area contributed by atoms with E-state index in [9.17, 15) is 9.59 Å². The Balaban J connectivity index is 1.70. The number of nitrogens with zero attached hydrogens (tertiary/aromatic N) is 1. The van der Waals surface area contributed by atoms with Crippen LogP contribution in [0, 0.1) is 11.8 Å². The molecule has 23 heavy (non-hydrogen) atoms. The summed E-state index contributed by atoms with van der Waals surface area (Å²) in [5.41, 5.74) is 3.20. The Morgan fingerprint density at radius 1 is 0.913 bits per heavy atom.